The van der Waals surface area contributed by atoms with Crippen LogP contribution in [-0.2, 0) is 6.54 Å². The maximum Gasteiger partial charge on any atom is 0.123 e. The molecule has 1 fully saturated rings. The van der Waals surface area contributed by atoms with Crippen molar-refractivity contribution in [3.8, 4) is 22.4 Å². The van der Waals surface area contributed by atoms with Gasteiger partial charge in [0.25, 0.3) is 0 Å². The Morgan fingerprint density at radius 3 is 2.34 bits per heavy atom. The molecule has 3 aromatic heterocycles. The molecule has 4 aromatic rings. The summed E-state index contributed by atoms with van der Waals surface area (Å²) < 4.78 is 15.4. The topological polar surface area (TPSA) is 33.4 Å². The summed E-state index contributed by atoms with van der Waals surface area (Å²) >= 11 is 0. The van der Waals surface area contributed by atoms with E-state index in [0.717, 1.165) is 34.4 Å². The molecular formula is C24H23FN4. The first-order valence-electron chi connectivity index (χ1n) is 10.2. The lowest BCUT2D eigenvalue weighted by atomic mass is 10.0. The third kappa shape index (κ3) is 3.66. The summed E-state index contributed by atoms with van der Waals surface area (Å²) in [4.78, 5) is 6.66. The van der Waals surface area contributed by atoms with Crippen LogP contribution in [0.1, 0.15) is 24.8 Å². The van der Waals surface area contributed by atoms with E-state index in [0.29, 0.717) is 0 Å². The lowest BCUT2D eigenvalue weighted by molar-refractivity contribution is 0.220. The highest BCUT2D eigenvalue weighted by Gasteiger charge is 2.17. The van der Waals surface area contributed by atoms with Gasteiger partial charge in [0.05, 0.1) is 5.52 Å². The zero-order chi connectivity index (χ0) is 19.6. The largest absolute Gasteiger partial charge is 0.299 e. The van der Waals surface area contributed by atoms with Crippen LogP contribution in [0.25, 0.3) is 27.9 Å². The highest BCUT2D eigenvalue weighted by Crippen LogP contribution is 2.35. The number of fused-ring (bicyclic) bond motifs is 1. The predicted octanol–water partition coefficient (Wildman–Crippen LogP) is 5.19. The number of likely N-dealkylation sites (tertiary alicyclic amines) is 1. The molecule has 4 heterocycles. The molecule has 0 amide bonds. The molecule has 0 radical (unpaired) electrons. The van der Waals surface area contributed by atoms with Crippen molar-refractivity contribution < 1.29 is 4.39 Å². The summed E-state index contributed by atoms with van der Waals surface area (Å²) in [5.41, 5.74) is 6.15. The van der Waals surface area contributed by atoms with E-state index in [9.17, 15) is 4.39 Å². The average Bonchev–Trinajstić information content (AvgIpc) is 3.14. The summed E-state index contributed by atoms with van der Waals surface area (Å²) in [6.07, 6.45) is 9.61. The first kappa shape index (κ1) is 18.0. The molecule has 4 nitrogen and oxygen atoms in total. The summed E-state index contributed by atoms with van der Waals surface area (Å²) in [5.74, 6) is -0.244. The molecule has 0 atom stereocenters. The summed E-state index contributed by atoms with van der Waals surface area (Å²) in [5, 5.41) is 4.90. The molecule has 146 valence electrons. The number of piperidine rings is 1. The molecule has 1 aliphatic heterocycles. The Labute approximate surface area is 169 Å². The van der Waals surface area contributed by atoms with Gasteiger partial charge in [0, 0.05) is 36.3 Å². The second-order valence-electron chi connectivity index (χ2n) is 7.67. The van der Waals surface area contributed by atoms with Gasteiger partial charge in [-0.15, -0.1) is 0 Å². The van der Waals surface area contributed by atoms with E-state index >= 15 is 0 Å². The van der Waals surface area contributed by atoms with E-state index in [1.165, 1.54) is 50.0 Å². The fraction of sp³-hybridized carbons (Fsp3) is 0.250. The van der Waals surface area contributed by atoms with Crippen molar-refractivity contribution >= 4 is 5.52 Å². The highest BCUT2D eigenvalue weighted by molar-refractivity contribution is 5.92. The minimum atomic E-state index is -0.244. The van der Waals surface area contributed by atoms with Crippen LogP contribution < -0.4 is 0 Å². The lowest BCUT2D eigenvalue weighted by Gasteiger charge is -2.26. The summed E-state index contributed by atoms with van der Waals surface area (Å²) in [7, 11) is 0. The number of aromatic nitrogens is 3. The number of halogens is 1. The Hall–Kier alpha value is -3.05. The van der Waals surface area contributed by atoms with Crippen LogP contribution in [0, 0.1) is 5.82 Å². The van der Waals surface area contributed by atoms with Crippen molar-refractivity contribution in [3.63, 3.8) is 0 Å². The predicted molar refractivity (Wildman–Crippen MR) is 113 cm³/mol. The standard InChI is InChI=1S/C24H23FN4/c25-21-7-5-20(6-8-21)24-23(19-10-12-26-13-11-19)22-9-4-18(17-29(22)27-24)16-28-14-2-1-3-15-28/h4-13,17H,1-3,14-16H2. The number of hydrogen-bond donors (Lipinski definition) is 0. The number of nitrogens with zero attached hydrogens (tertiary/aromatic N) is 4. The Morgan fingerprint density at radius 1 is 0.828 bits per heavy atom. The molecule has 5 rings (SSSR count). The molecule has 1 aliphatic rings. The highest BCUT2D eigenvalue weighted by atomic mass is 19.1. The van der Waals surface area contributed by atoms with Gasteiger partial charge in [0.1, 0.15) is 11.5 Å². The Kier molecular flexibility index (Phi) is 4.82. The molecular weight excluding hydrogens is 363 g/mol. The second kappa shape index (κ2) is 7.76. The van der Waals surface area contributed by atoms with E-state index in [1.807, 2.05) is 16.6 Å². The van der Waals surface area contributed by atoms with Gasteiger partial charge in [-0.2, -0.15) is 5.10 Å². The van der Waals surface area contributed by atoms with Crippen molar-refractivity contribution in [1.29, 1.82) is 0 Å². The van der Waals surface area contributed by atoms with Gasteiger partial charge in [-0.3, -0.25) is 9.88 Å². The van der Waals surface area contributed by atoms with Crippen molar-refractivity contribution in [2.75, 3.05) is 13.1 Å². The molecule has 0 unspecified atom stereocenters. The molecule has 0 saturated carbocycles. The minimum Gasteiger partial charge on any atom is -0.299 e. The fourth-order valence-electron chi connectivity index (χ4n) is 4.17. The van der Waals surface area contributed by atoms with Gasteiger partial charge in [0.2, 0.25) is 0 Å². The normalized spacial score (nSPS) is 15.1. The first-order valence-corrected chi connectivity index (χ1v) is 10.2. The van der Waals surface area contributed by atoms with Crippen molar-refractivity contribution in [2.45, 2.75) is 25.8 Å². The van der Waals surface area contributed by atoms with Crippen LogP contribution in [-0.4, -0.2) is 32.6 Å². The zero-order valence-electron chi connectivity index (χ0n) is 16.3. The Balaban J connectivity index is 1.61. The third-order valence-corrected chi connectivity index (χ3v) is 5.63. The van der Waals surface area contributed by atoms with Gasteiger partial charge in [-0.05, 0) is 79.5 Å². The molecule has 0 N–H and O–H groups in total. The molecule has 0 spiro atoms. The minimum absolute atomic E-state index is 0.244. The van der Waals surface area contributed by atoms with E-state index in [1.54, 1.807) is 24.5 Å². The molecule has 29 heavy (non-hydrogen) atoms. The van der Waals surface area contributed by atoms with Crippen LogP contribution in [0.2, 0.25) is 0 Å². The second-order valence-corrected chi connectivity index (χ2v) is 7.67. The molecule has 0 aliphatic carbocycles. The van der Waals surface area contributed by atoms with Crippen LogP contribution in [0.3, 0.4) is 0 Å². The van der Waals surface area contributed by atoms with Gasteiger partial charge >= 0.3 is 0 Å². The van der Waals surface area contributed by atoms with Crippen molar-refractivity contribution in [2.24, 2.45) is 0 Å². The summed E-state index contributed by atoms with van der Waals surface area (Å²) in [6, 6.07) is 14.9. The van der Waals surface area contributed by atoms with Crippen LogP contribution >= 0.6 is 0 Å². The smallest absolute Gasteiger partial charge is 0.123 e. The van der Waals surface area contributed by atoms with E-state index < -0.39 is 0 Å². The monoisotopic (exact) mass is 386 g/mol. The number of hydrogen-bond acceptors (Lipinski definition) is 3. The van der Waals surface area contributed by atoms with Crippen LogP contribution in [0.4, 0.5) is 4.39 Å². The van der Waals surface area contributed by atoms with Crippen LogP contribution in [0.15, 0.2) is 67.1 Å². The van der Waals surface area contributed by atoms with Gasteiger partial charge in [-0.1, -0.05) is 12.5 Å². The van der Waals surface area contributed by atoms with Gasteiger partial charge in [-0.25, -0.2) is 8.91 Å². The number of benzene rings is 1. The zero-order valence-corrected chi connectivity index (χ0v) is 16.3. The van der Waals surface area contributed by atoms with Gasteiger partial charge in [0.15, 0.2) is 0 Å². The average molecular weight is 386 g/mol. The first-order chi connectivity index (χ1) is 14.3. The van der Waals surface area contributed by atoms with E-state index in [-0.39, 0.29) is 5.82 Å². The lowest BCUT2D eigenvalue weighted by Crippen LogP contribution is -2.29. The van der Waals surface area contributed by atoms with E-state index in [4.69, 9.17) is 5.10 Å². The Morgan fingerprint density at radius 2 is 1.59 bits per heavy atom. The molecule has 5 heteroatoms. The fourth-order valence-corrected chi connectivity index (χ4v) is 4.17. The summed E-state index contributed by atoms with van der Waals surface area (Å²) in [6.45, 7) is 3.28. The Bertz CT molecular complexity index is 1110. The maximum absolute atomic E-state index is 13.5. The quantitative estimate of drug-likeness (QED) is 0.484. The van der Waals surface area contributed by atoms with Crippen LogP contribution in [0.5, 0.6) is 0 Å². The third-order valence-electron chi connectivity index (χ3n) is 5.63. The molecule has 0 bridgehead atoms. The van der Waals surface area contributed by atoms with Gasteiger partial charge < -0.3 is 0 Å². The van der Waals surface area contributed by atoms with Crippen molar-refractivity contribution in [3.05, 3.63) is 78.5 Å². The number of pyridine rings is 2. The van der Waals surface area contributed by atoms with E-state index in [2.05, 4.69) is 28.2 Å². The maximum atomic E-state index is 13.5. The number of rotatable bonds is 4. The SMILES string of the molecule is Fc1ccc(-c2nn3cc(CN4CCCCC4)ccc3c2-c2ccncc2)cc1. The molecule has 1 saturated heterocycles. The molecule has 1 aromatic carbocycles. The van der Waals surface area contributed by atoms with Crippen molar-refractivity contribution in [1.82, 2.24) is 19.5 Å².